The molecule has 0 atom stereocenters. The lowest BCUT2D eigenvalue weighted by Gasteiger charge is -2.26. The topological polar surface area (TPSA) is 58.1 Å². The summed E-state index contributed by atoms with van der Waals surface area (Å²) in [5.41, 5.74) is 1.48. The van der Waals surface area contributed by atoms with Crippen LogP contribution in [0, 0.1) is 0 Å². The van der Waals surface area contributed by atoms with E-state index >= 15 is 0 Å². The standard InChI is InChI=1S/C17H19ClN4O/c18-14-6-4-5-13(9-14)10-16(23)21-15-11-19-17(20-12-15)22-7-2-1-3-8-22/h4-6,9,11-12H,1-3,7-8,10H2,(H,21,23). The summed E-state index contributed by atoms with van der Waals surface area (Å²) >= 11 is 5.92. The van der Waals surface area contributed by atoms with E-state index in [1.807, 2.05) is 12.1 Å². The number of hydrogen-bond acceptors (Lipinski definition) is 4. The second-order valence-electron chi connectivity index (χ2n) is 5.67. The summed E-state index contributed by atoms with van der Waals surface area (Å²) in [4.78, 5) is 23.0. The number of carbonyl (C=O) groups is 1. The molecule has 120 valence electrons. The molecule has 2 aromatic rings. The minimum absolute atomic E-state index is 0.110. The highest BCUT2D eigenvalue weighted by molar-refractivity contribution is 6.30. The van der Waals surface area contributed by atoms with Crippen LogP contribution in [0.25, 0.3) is 0 Å². The number of nitrogens with zero attached hydrogens (tertiary/aromatic N) is 3. The van der Waals surface area contributed by atoms with Crippen LogP contribution in [0.1, 0.15) is 24.8 Å². The van der Waals surface area contributed by atoms with Crippen molar-refractivity contribution in [3.63, 3.8) is 0 Å². The number of anilines is 2. The molecule has 0 aliphatic carbocycles. The van der Waals surface area contributed by atoms with Crippen molar-refractivity contribution in [1.82, 2.24) is 9.97 Å². The van der Waals surface area contributed by atoms with Crippen LogP contribution in [0.4, 0.5) is 11.6 Å². The molecule has 2 heterocycles. The molecule has 1 aliphatic heterocycles. The van der Waals surface area contributed by atoms with E-state index in [9.17, 15) is 4.79 Å². The van der Waals surface area contributed by atoms with Crippen LogP contribution in [0.5, 0.6) is 0 Å². The zero-order valence-corrected chi connectivity index (χ0v) is 13.6. The lowest BCUT2D eigenvalue weighted by molar-refractivity contribution is -0.115. The van der Waals surface area contributed by atoms with Crippen molar-refractivity contribution in [1.29, 1.82) is 0 Å². The number of hydrogen-bond donors (Lipinski definition) is 1. The smallest absolute Gasteiger partial charge is 0.228 e. The van der Waals surface area contributed by atoms with Gasteiger partial charge in [-0.2, -0.15) is 0 Å². The van der Waals surface area contributed by atoms with Gasteiger partial charge in [-0.05, 0) is 37.0 Å². The van der Waals surface area contributed by atoms with Crippen molar-refractivity contribution in [3.8, 4) is 0 Å². The number of aromatic nitrogens is 2. The summed E-state index contributed by atoms with van der Waals surface area (Å²) < 4.78 is 0. The van der Waals surface area contributed by atoms with Gasteiger partial charge in [0.25, 0.3) is 0 Å². The van der Waals surface area contributed by atoms with E-state index in [1.54, 1.807) is 24.5 Å². The predicted molar refractivity (Wildman–Crippen MR) is 91.9 cm³/mol. The highest BCUT2D eigenvalue weighted by atomic mass is 35.5. The van der Waals surface area contributed by atoms with E-state index < -0.39 is 0 Å². The Morgan fingerprint density at radius 3 is 2.61 bits per heavy atom. The van der Waals surface area contributed by atoms with Gasteiger partial charge in [0.05, 0.1) is 24.5 Å². The third kappa shape index (κ3) is 4.42. The van der Waals surface area contributed by atoms with Crippen molar-refractivity contribution in [2.45, 2.75) is 25.7 Å². The highest BCUT2D eigenvalue weighted by Gasteiger charge is 2.13. The Kier molecular flexibility index (Phi) is 5.08. The first-order chi connectivity index (χ1) is 11.2. The van der Waals surface area contributed by atoms with Crippen LogP contribution in [0.3, 0.4) is 0 Å². The maximum atomic E-state index is 12.1. The molecule has 0 saturated carbocycles. The molecule has 1 aromatic heterocycles. The van der Waals surface area contributed by atoms with Gasteiger partial charge in [0.2, 0.25) is 11.9 Å². The van der Waals surface area contributed by atoms with Gasteiger partial charge in [0, 0.05) is 18.1 Å². The highest BCUT2D eigenvalue weighted by Crippen LogP contribution is 2.16. The number of rotatable bonds is 4. The Balaban J connectivity index is 1.58. The maximum Gasteiger partial charge on any atom is 0.228 e. The Hall–Kier alpha value is -2.14. The normalized spacial score (nSPS) is 14.6. The first-order valence-corrected chi connectivity index (χ1v) is 8.20. The van der Waals surface area contributed by atoms with Gasteiger partial charge in [-0.15, -0.1) is 0 Å². The largest absolute Gasteiger partial charge is 0.341 e. The molecule has 1 aliphatic rings. The van der Waals surface area contributed by atoms with Gasteiger partial charge >= 0.3 is 0 Å². The van der Waals surface area contributed by atoms with Crippen LogP contribution in [-0.2, 0) is 11.2 Å². The minimum atomic E-state index is -0.110. The number of benzene rings is 1. The summed E-state index contributed by atoms with van der Waals surface area (Å²) in [6.07, 6.45) is 7.23. The minimum Gasteiger partial charge on any atom is -0.341 e. The van der Waals surface area contributed by atoms with Crippen LogP contribution < -0.4 is 10.2 Å². The molecule has 1 N–H and O–H groups in total. The van der Waals surface area contributed by atoms with Gasteiger partial charge in [-0.25, -0.2) is 9.97 Å². The molecule has 0 spiro atoms. The van der Waals surface area contributed by atoms with Crippen LogP contribution in [0.2, 0.25) is 5.02 Å². The number of halogens is 1. The van der Waals surface area contributed by atoms with E-state index in [4.69, 9.17) is 11.6 Å². The molecule has 6 heteroatoms. The molecule has 1 saturated heterocycles. The second kappa shape index (κ2) is 7.42. The molecule has 1 fully saturated rings. The van der Waals surface area contributed by atoms with Crippen LogP contribution in [0.15, 0.2) is 36.7 Å². The van der Waals surface area contributed by atoms with Crippen molar-refractivity contribution in [2.75, 3.05) is 23.3 Å². The number of nitrogens with one attached hydrogen (secondary N) is 1. The summed E-state index contributed by atoms with van der Waals surface area (Å²) in [6.45, 7) is 2.00. The van der Waals surface area contributed by atoms with Crippen LogP contribution in [-0.4, -0.2) is 29.0 Å². The maximum absolute atomic E-state index is 12.1. The van der Waals surface area contributed by atoms with E-state index in [0.29, 0.717) is 10.7 Å². The summed E-state index contributed by atoms with van der Waals surface area (Å²) in [7, 11) is 0. The predicted octanol–water partition coefficient (Wildman–Crippen LogP) is 3.30. The Morgan fingerprint density at radius 2 is 1.91 bits per heavy atom. The number of piperidine rings is 1. The van der Waals surface area contributed by atoms with E-state index in [-0.39, 0.29) is 12.3 Å². The molecule has 0 radical (unpaired) electrons. The Labute approximate surface area is 140 Å². The average molecular weight is 331 g/mol. The van der Waals surface area contributed by atoms with Crippen molar-refractivity contribution in [3.05, 3.63) is 47.2 Å². The van der Waals surface area contributed by atoms with E-state index in [0.717, 1.165) is 24.6 Å². The third-order valence-corrected chi connectivity index (χ3v) is 4.05. The third-order valence-electron chi connectivity index (χ3n) is 3.81. The second-order valence-corrected chi connectivity index (χ2v) is 6.11. The number of amides is 1. The van der Waals surface area contributed by atoms with E-state index in [2.05, 4.69) is 20.2 Å². The first kappa shape index (κ1) is 15.7. The number of carbonyl (C=O) groups excluding carboxylic acids is 1. The quantitative estimate of drug-likeness (QED) is 0.934. The van der Waals surface area contributed by atoms with Crippen molar-refractivity contribution < 1.29 is 4.79 Å². The zero-order chi connectivity index (χ0) is 16.1. The molecule has 1 aromatic carbocycles. The van der Waals surface area contributed by atoms with E-state index in [1.165, 1.54) is 19.3 Å². The summed E-state index contributed by atoms with van der Waals surface area (Å²) in [5.74, 6) is 0.624. The van der Waals surface area contributed by atoms with Gasteiger partial charge in [0.15, 0.2) is 0 Å². The summed E-state index contributed by atoms with van der Waals surface area (Å²) in [5, 5.41) is 3.44. The lowest BCUT2D eigenvalue weighted by atomic mass is 10.1. The molecule has 0 unspecified atom stereocenters. The molecule has 1 amide bonds. The first-order valence-electron chi connectivity index (χ1n) is 7.82. The molecule has 23 heavy (non-hydrogen) atoms. The van der Waals surface area contributed by atoms with Gasteiger partial charge in [-0.3, -0.25) is 4.79 Å². The molecular formula is C17H19ClN4O. The van der Waals surface area contributed by atoms with Gasteiger partial charge in [-0.1, -0.05) is 23.7 Å². The van der Waals surface area contributed by atoms with Gasteiger partial charge in [0.1, 0.15) is 0 Å². The van der Waals surface area contributed by atoms with Gasteiger partial charge < -0.3 is 10.2 Å². The Bertz CT molecular complexity index is 669. The summed E-state index contributed by atoms with van der Waals surface area (Å²) in [6, 6.07) is 7.29. The zero-order valence-electron chi connectivity index (χ0n) is 12.8. The molecule has 5 nitrogen and oxygen atoms in total. The van der Waals surface area contributed by atoms with Crippen molar-refractivity contribution >= 4 is 29.1 Å². The van der Waals surface area contributed by atoms with Crippen molar-refractivity contribution in [2.24, 2.45) is 0 Å². The fraction of sp³-hybridized carbons (Fsp3) is 0.353. The fourth-order valence-electron chi connectivity index (χ4n) is 2.68. The average Bonchev–Trinajstić information content (AvgIpc) is 2.56. The Morgan fingerprint density at radius 1 is 1.17 bits per heavy atom. The monoisotopic (exact) mass is 330 g/mol. The SMILES string of the molecule is O=C(Cc1cccc(Cl)c1)Nc1cnc(N2CCCCC2)nc1. The van der Waals surface area contributed by atoms with Crippen LogP contribution >= 0.6 is 11.6 Å². The lowest BCUT2D eigenvalue weighted by Crippen LogP contribution is -2.30. The fourth-order valence-corrected chi connectivity index (χ4v) is 2.89. The molecule has 3 rings (SSSR count). The molecular weight excluding hydrogens is 312 g/mol. The molecule has 0 bridgehead atoms.